The molecule has 0 aromatic heterocycles. The Hall–Kier alpha value is -0.420. The van der Waals surface area contributed by atoms with Crippen molar-refractivity contribution >= 4 is 15.9 Å². The second-order valence-electron chi connectivity index (χ2n) is 4.60. The molecule has 1 aromatic carbocycles. The van der Waals surface area contributed by atoms with Gasteiger partial charge < -0.3 is 15.1 Å². The summed E-state index contributed by atoms with van der Waals surface area (Å²) in [4.78, 5) is 2.21. The average Bonchev–Trinajstić information content (AvgIpc) is 2.33. The summed E-state index contributed by atoms with van der Waals surface area (Å²) >= 11 is 3.38. The number of aliphatic hydroxyl groups excluding tert-OH is 2. The van der Waals surface area contributed by atoms with Crippen LogP contribution >= 0.6 is 15.9 Å². The Morgan fingerprint density at radius 2 is 1.82 bits per heavy atom. The van der Waals surface area contributed by atoms with Crippen LogP contribution in [0.25, 0.3) is 0 Å². The van der Waals surface area contributed by atoms with E-state index in [4.69, 9.17) is 0 Å². The number of nitrogens with zero attached hydrogens (tertiary/aromatic N) is 1. The molecule has 0 unspecified atom stereocenters. The highest BCUT2D eigenvalue weighted by Gasteiger charge is 2.19. The van der Waals surface area contributed by atoms with Gasteiger partial charge in [0.1, 0.15) is 0 Å². The molecular formula is C13H18BrNO2. The molecule has 1 aliphatic rings. The minimum Gasteiger partial charge on any atom is -0.393 e. The highest BCUT2D eigenvalue weighted by atomic mass is 79.9. The zero-order valence-corrected chi connectivity index (χ0v) is 11.3. The van der Waals surface area contributed by atoms with E-state index in [9.17, 15) is 10.2 Å². The number of hydrogen-bond donors (Lipinski definition) is 2. The van der Waals surface area contributed by atoms with Crippen LogP contribution in [0.2, 0.25) is 0 Å². The third kappa shape index (κ3) is 3.78. The third-order valence-electron chi connectivity index (χ3n) is 3.24. The summed E-state index contributed by atoms with van der Waals surface area (Å²) in [6.45, 7) is 2.39. The van der Waals surface area contributed by atoms with Crippen molar-refractivity contribution in [3.05, 3.63) is 34.3 Å². The Morgan fingerprint density at radius 1 is 1.24 bits per heavy atom. The molecule has 0 saturated carbocycles. The number of likely N-dealkylation sites (tertiary alicyclic amines) is 1. The van der Waals surface area contributed by atoms with Crippen molar-refractivity contribution in [2.24, 2.45) is 0 Å². The molecule has 0 amide bonds. The van der Waals surface area contributed by atoms with Crippen LogP contribution in [-0.4, -0.2) is 40.9 Å². The topological polar surface area (TPSA) is 43.7 Å². The van der Waals surface area contributed by atoms with Gasteiger partial charge in [-0.2, -0.15) is 0 Å². The lowest BCUT2D eigenvalue weighted by Crippen LogP contribution is -2.38. The Morgan fingerprint density at radius 3 is 2.41 bits per heavy atom. The lowest BCUT2D eigenvalue weighted by atomic mass is 10.1. The third-order valence-corrected chi connectivity index (χ3v) is 3.77. The van der Waals surface area contributed by atoms with Gasteiger partial charge in [-0.3, -0.25) is 0 Å². The van der Waals surface area contributed by atoms with Crippen LogP contribution in [0.15, 0.2) is 28.7 Å². The molecule has 0 radical (unpaired) electrons. The van der Waals surface area contributed by atoms with Crippen molar-refractivity contribution in [2.45, 2.75) is 25.0 Å². The van der Waals surface area contributed by atoms with E-state index in [2.05, 4.69) is 20.8 Å². The molecule has 0 spiro atoms. The lowest BCUT2D eigenvalue weighted by molar-refractivity contribution is 0.0508. The molecule has 0 aliphatic carbocycles. The van der Waals surface area contributed by atoms with Gasteiger partial charge in [0.05, 0.1) is 12.2 Å². The standard InChI is InChI=1S/C13H18BrNO2/c14-11-3-1-10(2-4-11)13(17)9-15-7-5-12(16)6-8-15/h1-4,12-13,16-17H,5-9H2/t13-/m0/s1. The SMILES string of the molecule is OC1CCN(C[C@H](O)c2ccc(Br)cc2)CC1. The van der Waals surface area contributed by atoms with Gasteiger partial charge in [-0.05, 0) is 30.5 Å². The summed E-state index contributed by atoms with van der Waals surface area (Å²) in [6, 6.07) is 7.76. The van der Waals surface area contributed by atoms with Gasteiger partial charge in [-0.15, -0.1) is 0 Å². The van der Waals surface area contributed by atoms with E-state index in [0.29, 0.717) is 6.54 Å². The molecule has 94 valence electrons. The van der Waals surface area contributed by atoms with Crippen molar-refractivity contribution in [2.75, 3.05) is 19.6 Å². The smallest absolute Gasteiger partial charge is 0.0916 e. The average molecular weight is 300 g/mol. The first-order valence-electron chi connectivity index (χ1n) is 5.99. The van der Waals surface area contributed by atoms with E-state index in [1.54, 1.807) is 0 Å². The van der Waals surface area contributed by atoms with E-state index in [-0.39, 0.29) is 6.10 Å². The quantitative estimate of drug-likeness (QED) is 0.896. The van der Waals surface area contributed by atoms with Gasteiger partial charge in [0.2, 0.25) is 0 Å². The van der Waals surface area contributed by atoms with Crippen molar-refractivity contribution in [3.8, 4) is 0 Å². The van der Waals surface area contributed by atoms with E-state index < -0.39 is 6.10 Å². The number of hydrogen-bond acceptors (Lipinski definition) is 3. The van der Waals surface area contributed by atoms with Gasteiger partial charge >= 0.3 is 0 Å². The highest BCUT2D eigenvalue weighted by molar-refractivity contribution is 9.10. The summed E-state index contributed by atoms with van der Waals surface area (Å²) in [6.07, 6.45) is 1.02. The number of aliphatic hydroxyl groups is 2. The fourth-order valence-electron chi connectivity index (χ4n) is 2.14. The fourth-order valence-corrected chi connectivity index (χ4v) is 2.40. The predicted octanol–water partition coefficient (Wildman–Crippen LogP) is 1.94. The normalized spacial score (nSPS) is 20.4. The van der Waals surface area contributed by atoms with E-state index in [0.717, 1.165) is 36.0 Å². The van der Waals surface area contributed by atoms with Crippen molar-refractivity contribution in [1.82, 2.24) is 4.90 Å². The summed E-state index contributed by atoms with van der Waals surface area (Å²) in [5.41, 5.74) is 0.944. The summed E-state index contributed by atoms with van der Waals surface area (Å²) in [5.74, 6) is 0. The Labute approximate surface area is 110 Å². The molecule has 0 bridgehead atoms. The first-order valence-corrected chi connectivity index (χ1v) is 6.78. The molecule has 4 heteroatoms. The molecule has 1 fully saturated rings. The molecule has 3 nitrogen and oxygen atoms in total. The second kappa shape index (κ2) is 5.96. The van der Waals surface area contributed by atoms with Gasteiger partial charge in [0, 0.05) is 24.1 Å². The monoisotopic (exact) mass is 299 g/mol. The molecule has 1 aliphatic heterocycles. The van der Waals surface area contributed by atoms with Crippen LogP contribution in [0.3, 0.4) is 0 Å². The molecule has 2 N–H and O–H groups in total. The molecule has 1 aromatic rings. The predicted molar refractivity (Wildman–Crippen MR) is 70.8 cm³/mol. The van der Waals surface area contributed by atoms with E-state index >= 15 is 0 Å². The molecule has 1 atom stereocenters. The van der Waals surface area contributed by atoms with Crippen LogP contribution in [0, 0.1) is 0 Å². The van der Waals surface area contributed by atoms with Crippen LogP contribution in [-0.2, 0) is 0 Å². The molecule has 1 heterocycles. The van der Waals surface area contributed by atoms with E-state index in [1.165, 1.54) is 0 Å². The van der Waals surface area contributed by atoms with E-state index in [1.807, 2.05) is 24.3 Å². The first-order chi connectivity index (χ1) is 8.15. The summed E-state index contributed by atoms with van der Waals surface area (Å²) in [7, 11) is 0. The number of piperidine rings is 1. The Balaban J connectivity index is 1.88. The second-order valence-corrected chi connectivity index (χ2v) is 5.51. The van der Waals surface area contributed by atoms with Crippen molar-refractivity contribution in [3.63, 3.8) is 0 Å². The fraction of sp³-hybridized carbons (Fsp3) is 0.538. The zero-order chi connectivity index (χ0) is 12.3. The maximum absolute atomic E-state index is 10.1. The summed E-state index contributed by atoms with van der Waals surface area (Å²) < 4.78 is 1.02. The molecule has 2 rings (SSSR count). The van der Waals surface area contributed by atoms with Gasteiger partial charge in [0.15, 0.2) is 0 Å². The van der Waals surface area contributed by atoms with Gasteiger partial charge in [-0.1, -0.05) is 28.1 Å². The Kier molecular flexibility index (Phi) is 4.56. The maximum atomic E-state index is 10.1. The molecular weight excluding hydrogens is 282 g/mol. The van der Waals surface area contributed by atoms with Crippen LogP contribution in [0.1, 0.15) is 24.5 Å². The number of β-amino-alcohol motifs (C(OH)–C–C–N with tert-alkyl or cyclic N) is 1. The Bertz CT molecular complexity index is 347. The summed E-state index contributed by atoms with van der Waals surface area (Å²) in [5, 5.41) is 19.5. The lowest BCUT2D eigenvalue weighted by Gasteiger charge is -2.31. The number of benzene rings is 1. The largest absolute Gasteiger partial charge is 0.393 e. The first kappa shape index (κ1) is 13.0. The minimum absolute atomic E-state index is 0.156. The molecule has 17 heavy (non-hydrogen) atoms. The van der Waals surface area contributed by atoms with Crippen LogP contribution in [0.4, 0.5) is 0 Å². The number of halogens is 1. The van der Waals surface area contributed by atoms with Crippen molar-refractivity contribution in [1.29, 1.82) is 0 Å². The highest BCUT2D eigenvalue weighted by Crippen LogP contribution is 2.19. The maximum Gasteiger partial charge on any atom is 0.0916 e. The molecule has 1 saturated heterocycles. The van der Waals surface area contributed by atoms with Gasteiger partial charge in [0.25, 0.3) is 0 Å². The van der Waals surface area contributed by atoms with Crippen LogP contribution < -0.4 is 0 Å². The van der Waals surface area contributed by atoms with Gasteiger partial charge in [-0.25, -0.2) is 0 Å². The van der Waals surface area contributed by atoms with Crippen LogP contribution in [0.5, 0.6) is 0 Å². The minimum atomic E-state index is -0.446. The number of rotatable bonds is 3. The van der Waals surface area contributed by atoms with Crippen molar-refractivity contribution < 1.29 is 10.2 Å². The zero-order valence-electron chi connectivity index (χ0n) is 9.72.